The maximum absolute atomic E-state index is 12.0. The van der Waals surface area contributed by atoms with Crippen LogP contribution in [-0.2, 0) is 10.0 Å². The minimum absolute atomic E-state index is 0.253. The summed E-state index contributed by atoms with van der Waals surface area (Å²) in [6.07, 6.45) is 2.86. The molecule has 1 unspecified atom stereocenters. The summed E-state index contributed by atoms with van der Waals surface area (Å²) >= 11 is 0. The highest BCUT2D eigenvalue weighted by atomic mass is 32.2. The fraction of sp³-hybridized carbons (Fsp3) is 0.462. The van der Waals surface area contributed by atoms with E-state index in [9.17, 15) is 8.42 Å². The summed E-state index contributed by atoms with van der Waals surface area (Å²) in [5, 5.41) is 4.02. The van der Waals surface area contributed by atoms with Crippen LogP contribution in [0.4, 0.5) is 0 Å². The highest BCUT2D eigenvalue weighted by molar-refractivity contribution is 7.89. The van der Waals surface area contributed by atoms with E-state index >= 15 is 0 Å². The lowest BCUT2D eigenvalue weighted by molar-refractivity contribution is 0.584. The second-order valence-electron chi connectivity index (χ2n) is 4.93. The largest absolute Gasteiger partial charge is 0.276 e. The van der Waals surface area contributed by atoms with Crippen molar-refractivity contribution < 1.29 is 8.42 Å². The van der Waals surface area contributed by atoms with E-state index in [1.54, 1.807) is 24.3 Å². The van der Waals surface area contributed by atoms with Gasteiger partial charge in [0.15, 0.2) is 0 Å². The van der Waals surface area contributed by atoms with Crippen molar-refractivity contribution in [2.45, 2.75) is 38.0 Å². The van der Waals surface area contributed by atoms with E-state index in [2.05, 4.69) is 16.9 Å². The molecule has 0 amide bonds. The van der Waals surface area contributed by atoms with Crippen LogP contribution in [0.2, 0.25) is 0 Å². The molecule has 1 aromatic rings. The number of rotatable bonds is 3. The van der Waals surface area contributed by atoms with Crippen LogP contribution in [0.15, 0.2) is 34.3 Å². The first-order valence-corrected chi connectivity index (χ1v) is 7.59. The monoisotopic (exact) mass is 266 g/mol. The van der Waals surface area contributed by atoms with Crippen molar-refractivity contribution in [1.82, 2.24) is 4.83 Å². The zero-order valence-electron chi connectivity index (χ0n) is 10.7. The Morgan fingerprint density at radius 2 is 1.94 bits per heavy atom. The third-order valence-corrected chi connectivity index (χ3v) is 4.39. The lowest BCUT2D eigenvalue weighted by atomic mass is 10.1. The first kappa shape index (κ1) is 13.1. The van der Waals surface area contributed by atoms with E-state index in [1.165, 1.54) is 0 Å². The van der Waals surface area contributed by atoms with Gasteiger partial charge in [-0.2, -0.15) is 13.5 Å². The van der Waals surface area contributed by atoms with Gasteiger partial charge in [0.1, 0.15) is 0 Å². The predicted molar refractivity (Wildman–Crippen MR) is 72.0 cm³/mol. The quantitative estimate of drug-likeness (QED) is 0.854. The van der Waals surface area contributed by atoms with Crippen molar-refractivity contribution in [1.29, 1.82) is 0 Å². The minimum atomic E-state index is -3.52. The molecule has 0 spiro atoms. The molecule has 1 N–H and O–H groups in total. The Morgan fingerprint density at radius 3 is 2.50 bits per heavy atom. The van der Waals surface area contributed by atoms with E-state index < -0.39 is 10.0 Å². The van der Waals surface area contributed by atoms with Gasteiger partial charge in [0, 0.05) is 5.71 Å². The van der Waals surface area contributed by atoms with Crippen molar-refractivity contribution in [3.63, 3.8) is 0 Å². The Kier molecular flexibility index (Phi) is 3.71. The molecule has 2 rings (SSSR count). The molecule has 1 saturated carbocycles. The van der Waals surface area contributed by atoms with Crippen molar-refractivity contribution in [3.05, 3.63) is 29.8 Å². The topological polar surface area (TPSA) is 58.5 Å². The molecule has 0 bridgehead atoms. The van der Waals surface area contributed by atoms with E-state index in [0.717, 1.165) is 30.5 Å². The van der Waals surface area contributed by atoms with Crippen molar-refractivity contribution in [2.75, 3.05) is 0 Å². The molecule has 4 nitrogen and oxygen atoms in total. The zero-order valence-corrected chi connectivity index (χ0v) is 11.5. The van der Waals surface area contributed by atoms with Crippen molar-refractivity contribution >= 4 is 15.7 Å². The molecule has 0 aliphatic heterocycles. The van der Waals surface area contributed by atoms with Gasteiger partial charge in [-0.3, -0.25) is 0 Å². The maximum Gasteiger partial charge on any atom is 0.276 e. The molecule has 18 heavy (non-hydrogen) atoms. The summed E-state index contributed by atoms with van der Waals surface area (Å²) in [6, 6.07) is 6.74. The SMILES string of the molecule is Cc1ccc(S(=O)(=O)N/N=C2\CCC(C)C2)cc1. The lowest BCUT2D eigenvalue weighted by Gasteiger charge is -2.04. The van der Waals surface area contributed by atoms with Crippen LogP contribution in [-0.4, -0.2) is 14.1 Å². The Balaban J connectivity index is 2.10. The van der Waals surface area contributed by atoms with E-state index in [1.807, 2.05) is 6.92 Å². The summed E-state index contributed by atoms with van der Waals surface area (Å²) < 4.78 is 23.9. The van der Waals surface area contributed by atoms with Crippen molar-refractivity contribution in [3.8, 4) is 0 Å². The van der Waals surface area contributed by atoms with Gasteiger partial charge in [-0.15, -0.1) is 0 Å². The Hall–Kier alpha value is -1.36. The molecule has 1 aliphatic carbocycles. The van der Waals surface area contributed by atoms with Crippen LogP contribution in [0.1, 0.15) is 31.7 Å². The first-order valence-electron chi connectivity index (χ1n) is 6.11. The number of hydrogen-bond acceptors (Lipinski definition) is 3. The molecule has 1 atom stereocenters. The summed E-state index contributed by atoms with van der Waals surface area (Å²) in [7, 11) is -3.52. The normalized spacial score (nSPS) is 22.3. The fourth-order valence-electron chi connectivity index (χ4n) is 2.02. The van der Waals surface area contributed by atoms with Crippen LogP contribution >= 0.6 is 0 Å². The van der Waals surface area contributed by atoms with Crippen LogP contribution < -0.4 is 4.83 Å². The number of sulfonamides is 1. The van der Waals surface area contributed by atoms with Crippen LogP contribution in [0, 0.1) is 12.8 Å². The molecule has 1 fully saturated rings. The molecule has 0 saturated heterocycles. The van der Waals surface area contributed by atoms with Crippen molar-refractivity contribution in [2.24, 2.45) is 11.0 Å². The number of hydrazone groups is 1. The molecule has 1 aliphatic rings. The predicted octanol–water partition coefficient (Wildman–Crippen LogP) is 2.45. The molecule has 0 heterocycles. The number of hydrogen-bond donors (Lipinski definition) is 1. The highest BCUT2D eigenvalue weighted by Crippen LogP contribution is 2.21. The number of aryl methyl sites for hydroxylation is 1. The molecule has 0 radical (unpaired) electrons. The molecule has 0 aromatic heterocycles. The van der Waals surface area contributed by atoms with Gasteiger partial charge in [-0.25, -0.2) is 4.83 Å². The zero-order chi connectivity index (χ0) is 13.2. The molecule has 98 valence electrons. The Labute approximate surface area is 108 Å². The van der Waals surface area contributed by atoms with Gasteiger partial charge in [-0.1, -0.05) is 24.6 Å². The standard InChI is InChI=1S/C13H18N2O2S/c1-10-4-7-13(8-5-10)18(16,17)15-14-12-6-3-11(2)9-12/h4-5,7-8,11,15H,3,6,9H2,1-2H3/b14-12+. The van der Waals surface area contributed by atoms with Gasteiger partial charge in [0.05, 0.1) is 4.90 Å². The Bertz CT molecular complexity index is 547. The van der Waals surface area contributed by atoms with Gasteiger partial charge in [-0.05, 0) is 44.2 Å². The van der Waals surface area contributed by atoms with Crippen LogP contribution in [0.5, 0.6) is 0 Å². The van der Waals surface area contributed by atoms with Crippen LogP contribution in [0.25, 0.3) is 0 Å². The third-order valence-electron chi connectivity index (χ3n) is 3.17. The fourth-order valence-corrected chi connectivity index (χ4v) is 2.86. The molecule has 5 heteroatoms. The second-order valence-corrected chi connectivity index (χ2v) is 6.59. The van der Waals surface area contributed by atoms with E-state index in [-0.39, 0.29) is 4.90 Å². The van der Waals surface area contributed by atoms with Crippen LogP contribution in [0.3, 0.4) is 0 Å². The molecule has 1 aromatic carbocycles. The first-order chi connectivity index (χ1) is 8.47. The average molecular weight is 266 g/mol. The summed E-state index contributed by atoms with van der Waals surface area (Å²) in [6.45, 7) is 4.07. The van der Waals surface area contributed by atoms with Gasteiger partial charge >= 0.3 is 0 Å². The number of nitrogens with one attached hydrogen (secondary N) is 1. The van der Waals surface area contributed by atoms with E-state index in [0.29, 0.717) is 5.92 Å². The van der Waals surface area contributed by atoms with Gasteiger partial charge < -0.3 is 0 Å². The molecular weight excluding hydrogens is 248 g/mol. The summed E-state index contributed by atoms with van der Waals surface area (Å²) in [4.78, 5) is 2.57. The minimum Gasteiger partial charge on any atom is -0.200 e. The molecular formula is C13H18N2O2S. The lowest BCUT2D eigenvalue weighted by Crippen LogP contribution is -2.19. The number of benzene rings is 1. The summed E-state index contributed by atoms with van der Waals surface area (Å²) in [5.74, 6) is 0.604. The highest BCUT2D eigenvalue weighted by Gasteiger charge is 2.18. The smallest absolute Gasteiger partial charge is 0.200 e. The van der Waals surface area contributed by atoms with Gasteiger partial charge in [0.25, 0.3) is 10.0 Å². The third kappa shape index (κ3) is 3.10. The van der Waals surface area contributed by atoms with Gasteiger partial charge in [0.2, 0.25) is 0 Å². The summed E-state index contributed by atoms with van der Waals surface area (Å²) in [5.41, 5.74) is 1.98. The maximum atomic E-state index is 12.0. The second kappa shape index (κ2) is 5.10. The Morgan fingerprint density at radius 1 is 1.28 bits per heavy atom. The van der Waals surface area contributed by atoms with E-state index in [4.69, 9.17) is 0 Å². The number of nitrogens with zero attached hydrogens (tertiary/aromatic N) is 1. The average Bonchev–Trinajstić information content (AvgIpc) is 2.73.